The first-order chi connectivity index (χ1) is 9.58. The molecule has 104 valence electrons. The maximum atomic E-state index is 12.7. The molecule has 0 bridgehead atoms. The zero-order valence-corrected chi connectivity index (χ0v) is 11.8. The van der Waals surface area contributed by atoms with Gasteiger partial charge in [-0.3, -0.25) is 4.79 Å². The molecule has 2 rings (SSSR count). The van der Waals surface area contributed by atoms with Gasteiger partial charge in [0.25, 0.3) is 0 Å². The Labute approximate surface area is 118 Å². The number of aryl methyl sites for hydroxylation is 1. The highest BCUT2D eigenvalue weighted by Gasteiger charge is 2.19. The summed E-state index contributed by atoms with van der Waals surface area (Å²) in [5, 5.41) is 0. The van der Waals surface area contributed by atoms with Crippen LogP contribution < -0.4 is 15.2 Å². The molecule has 0 amide bonds. The number of nitrogens with two attached hydrogens (primary N) is 1. The minimum absolute atomic E-state index is 0.170. The van der Waals surface area contributed by atoms with Crippen LogP contribution in [0.1, 0.15) is 21.5 Å². The zero-order chi connectivity index (χ0) is 14.7. The lowest BCUT2D eigenvalue weighted by molar-refractivity contribution is 0.103. The highest BCUT2D eigenvalue weighted by molar-refractivity contribution is 6.14. The van der Waals surface area contributed by atoms with Gasteiger partial charge >= 0.3 is 0 Å². The molecule has 0 heterocycles. The van der Waals surface area contributed by atoms with Crippen molar-refractivity contribution in [3.05, 3.63) is 53.1 Å². The number of hydrogen-bond acceptors (Lipinski definition) is 4. The number of ether oxygens (including phenoxy) is 2. The standard InChI is InChI=1S/C16H17NO3/c1-10-5-4-6-13(17)15(10)16(18)12-9-11(19-2)7-8-14(12)20-3/h4-9H,17H2,1-3H3. The Kier molecular flexibility index (Phi) is 3.94. The van der Waals surface area contributed by atoms with E-state index >= 15 is 0 Å². The van der Waals surface area contributed by atoms with Gasteiger partial charge in [-0.05, 0) is 36.8 Å². The normalized spacial score (nSPS) is 10.2. The van der Waals surface area contributed by atoms with E-state index in [1.54, 1.807) is 31.4 Å². The van der Waals surface area contributed by atoms with Crippen LogP contribution in [0.5, 0.6) is 11.5 Å². The maximum absolute atomic E-state index is 12.7. The molecule has 0 spiro atoms. The van der Waals surface area contributed by atoms with Crippen LogP contribution in [0.4, 0.5) is 5.69 Å². The van der Waals surface area contributed by atoms with Gasteiger partial charge in [-0.15, -0.1) is 0 Å². The number of anilines is 1. The predicted octanol–water partition coefficient (Wildman–Crippen LogP) is 2.83. The van der Waals surface area contributed by atoms with E-state index in [2.05, 4.69) is 0 Å². The first-order valence-corrected chi connectivity index (χ1v) is 6.20. The first-order valence-electron chi connectivity index (χ1n) is 6.20. The van der Waals surface area contributed by atoms with Crippen LogP contribution in [0.3, 0.4) is 0 Å². The van der Waals surface area contributed by atoms with Crippen molar-refractivity contribution in [1.29, 1.82) is 0 Å². The van der Waals surface area contributed by atoms with E-state index in [1.165, 1.54) is 7.11 Å². The highest BCUT2D eigenvalue weighted by Crippen LogP contribution is 2.29. The second-order valence-corrected chi connectivity index (χ2v) is 4.43. The summed E-state index contributed by atoms with van der Waals surface area (Å²) in [5.41, 5.74) is 8.16. The van der Waals surface area contributed by atoms with Crippen molar-refractivity contribution in [1.82, 2.24) is 0 Å². The Hall–Kier alpha value is -2.49. The van der Waals surface area contributed by atoms with Crippen LogP contribution in [-0.4, -0.2) is 20.0 Å². The number of ketones is 1. The lowest BCUT2D eigenvalue weighted by Crippen LogP contribution is -2.09. The Morgan fingerprint density at radius 3 is 2.45 bits per heavy atom. The molecule has 2 aromatic carbocycles. The van der Waals surface area contributed by atoms with Crippen LogP contribution in [0.15, 0.2) is 36.4 Å². The molecule has 0 saturated carbocycles. The molecular formula is C16H17NO3. The fourth-order valence-corrected chi connectivity index (χ4v) is 2.13. The number of methoxy groups -OCH3 is 2. The Morgan fingerprint density at radius 1 is 1.10 bits per heavy atom. The van der Waals surface area contributed by atoms with Gasteiger partial charge in [-0.25, -0.2) is 0 Å². The largest absolute Gasteiger partial charge is 0.497 e. The van der Waals surface area contributed by atoms with Crippen molar-refractivity contribution in [2.24, 2.45) is 0 Å². The van der Waals surface area contributed by atoms with Crippen LogP contribution in [0, 0.1) is 6.92 Å². The van der Waals surface area contributed by atoms with Gasteiger partial charge in [0, 0.05) is 11.3 Å². The monoisotopic (exact) mass is 271 g/mol. The van der Waals surface area contributed by atoms with Gasteiger partial charge in [-0.2, -0.15) is 0 Å². The molecular weight excluding hydrogens is 254 g/mol. The summed E-state index contributed by atoms with van der Waals surface area (Å²) in [4.78, 5) is 12.7. The molecule has 2 N–H and O–H groups in total. The van der Waals surface area contributed by atoms with E-state index in [1.807, 2.05) is 19.1 Å². The predicted molar refractivity (Wildman–Crippen MR) is 78.6 cm³/mol. The molecule has 0 saturated heterocycles. The lowest BCUT2D eigenvalue weighted by atomic mass is 9.96. The van der Waals surface area contributed by atoms with Gasteiger partial charge in [0.2, 0.25) is 0 Å². The summed E-state index contributed by atoms with van der Waals surface area (Å²) in [7, 11) is 3.08. The number of rotatable bonds is 4. The molecule has 0 aliphatic heterocycles. The molecule has 2 aromatic rings. The average molecular weight is 271 g/mol. The van der Waals surface area contributed by atoms with E-state index in [9.17, 15) is 4.79 Å². The Bertz CT molecular complexity index is 630. The van der Waals surface area contributed by atoms with Crippen molar-refractivity contribution in [3.8, 4) is 11.5 Å². The van der Waals surface area contributed by atoms with Gasteiger partial charge in [0.15, 0.2) is 5.78 Å². The topological polar surface area (TPSA) is 61.5 Å². The molecule has 0 aliphatic rings. The minimum Gasteiger partial charge on any atom is -0.497 e. The van der Waals surface area contributed by atoms with E-state index in [0.29, 0.717) is 28.3 Å². The fraction of sp³-hybridized carbons (Fsp3) is 0.188. The molecule has 0 fully saturated rings. The molecule has 0 aliphatic carbocycles. The van der Waals surface area contributed by atoms with Crippen molar-refractivity contribution >= 4 is 11.5 Å². The van der Waals surface area contributed by atoms with Crippen molar-refractivity contribution in [2.45, 2.75) is 6.92 Å². The third kappa shape index (κ3) is 2.45. The Morgan fingerprint density at radius 2 is 1.85 bits per heavy atom. The number of carbonyl (C=O) groups excluding carboxylic acids is 1. The van der Waals surface area contributed by atoms with Crippen LogP contribution in [0.2, 0.25) is 0 Å². The van der Waals surface area contributed by atoms with E-state index < -0.39 is 0 Å². The van der Waals surface area contributed by atoms with Crippen molar-refractivity contribution in [2.75, 3.05) is 20.0 Å². The van der Waals surface area contributed by atoms with Crippen LogP contribution in [0.25, 0.3) is 0 Å². The quantitative estimate of drug-likeness (QED) is 0.686. The second kappa shape index (κ2) is 5.65. The van der Waals surface area contributed by atoms with Crippen molar-refractivity contribution < 1.29 is 14.3 Å². The summed E-state index contributed by atoms with van der Waals surface area (Å²) < 4.78 is 10.4. The van der Waals surface area contributed by atoms with Gasteiger partial charge in [-0.1, -0.05) is 12.1 Å². The molecule has 0 radical (unpaired) electrons. The number of benzene rings is 2. The maximum Gasteiger partial charge on any atom is 0.199 e. The first kappa shape index (κ1) is 13.9. The van der Waals surface area contributed by atoms with Crippen LogP contribution in [-0.2, 0) is 0 Å². The summed E-state index contributed by atoms with van der Waals surface area (Å²) >= 11 is 0. The second-order valence-electron chi connectivity index (χ2n) is 4.43. The summed E-state index contributed by atoms with van der Waals surface area (Å²) in [6, 6.07) is 10.5. The molecule has 20 heavy (non-hydrogen) atoms. The zero-order valence-electron chi connectivity index (χ0n) is 11.8. The highest BCUT2D eigenvalue weighted by atomic mass is 16.5. The number of hydrogen-bond donors (Lipinski definition) is 1. The molecule has 0 unspecified atom stereocenters. The minimum atomic E-state index is -0.170. The third-order valence-corrected chi connectivity index (χ3v) is 3.18. The SMILES string of the molecule is COc1ccc(OC)c(C(=O)c2c(C)cccc2N)c1. The summed E-state index contributed by atoms with van der Waals surface area (Å²) in [6.07, 6.45) is 0. The molecule has 4 heteroatoms. The average Bonchev–Trinajstić information content (AvgIpc) is 2.46. The van der Waals surface area contributed by atoms with Crippen LogP contribution >= 0.6 is 0 Å². The third-order valence-electron chi connectivity index (χ3n) is 3.18. The summed E-state index contributed by atoms with van der Waals surface area (Å²) in [5.74, 6) is 0.927. The van der Waals surface area contributed by atoms with E-state index in [4.69, 9.17) is 15.2 Å². The summed E-state index contributed by atoms with van der Waals surface area (Å²) in [6.45, 7) is 1.86. The Balaban J connectivity index is 2.58. The lowest BCUT2D eigenvalue weighted by Gasteiger charge is -2.12. The number of carbonyl (C=O) groups is 1. The fourth-order valence-electron chi connectivity index (χ4n) is 2.13. The van der Waals surface area contributed by atoms with Gasteiger partial charge < -0.3 is 15.2 Å². The molecule has 0 atom stereocenters. The van der Waals surface area contributed by atoms with E-state index in [-0.39, 0.29) is 5.78 Å². The van der Waals surface area contributed by atoms with Crippen molar-refractivity contribution in [3.63, 3.8) is 0 Å². The molecule has 4 nitrogen and oxygen atoms in total. The smallest absolute Gasteiger partial charge is 0.199 e. The van der Waals surface area contributed by atoms with Gasteiger partial charge in [0.05, 0.1) is 19.8 Å². The molecule has 0 aromatic heterocycles. The number of nitrogen functional groups attached to an aromatic ring is 1. The van der Waals surface area contributed by atoms with E-state index in [0.717, 1.165) is 5.56 Å². The van der Waals surface area contributed by atoms with Gasteiger partial charge in [0.1, 0.15) is 11.5 Å².